The summed E-state index contributed by atoms with van der Waals surface area (Å²) < 4.78 is 26.1. The molecule has 5 nitrogen and oxygen atoms in total. The second-order valence-corrected chi connectivity index (χ2v) is 9.35. The largest absolute Gasteiger partial charge is 0.348 e. The van der Waals surface area contributed by atoms with Gasteiger partial charge in [-0.25, -0.2) is 8.42 Å². The number of hydrogen-bond acceptors (Lipinski definition) is 3. The zero-order chi connectivity index (χ0) is 21.1. The summed E-state index contributed by atoms with van der Waals surface area (Å²) in [5.74, 6) is -0.337. The second-order valence-electron chi connectivity index (χ2n) is 7.05. The van der Waals surface area contributed by atoms with Crippen LogP contribution in [0.25, 0.3) is 0 Å². The van der Waals surface area contributed by atoms with Crippen LogP contribution >= 0.6 is 11.6 Å². The summed E-state index contributed by atoms with van der Waals surface area (Å²) in [6.07, 6.45) is 1.44. The van der Waals surface area contributed by atoms with E-state index in [1.54, 1.807) is 31.2 Å². The fourth-order valence-electron chi connectivity index (χ4n) is 3.26. The van der Waals surface area contributed by atoms with Crippen molar-refractivity contribution in [3.8, 4) is 0 Å². The van der Waals surface area contributed by atoms with Crippen molar-refractivity contribution in [2.24, 2.45) is 0 Å². The van der Waals surface area contributed by atoms with Crippen LogP contribution in [0.4, 0.5) is 5.69 Å². The van der Waals surface area contributed by atoms with E-state index in [1.807, 2.05) is 39.0 Å². The summed E-state index contributed by atoms with van der Waals surface area (Å²) in [7, 11) is -3.67. The number of nitrogens with one attached hydrogen (secondary N) is 1. The molecule has 1 N–H and O–H groups in total. The molecule has 0 saturated carbocycles. The Morgan fingerprint density at radius 1 is 1.14 bits per heavy atom. The molecule has 7 heteroatoms. The van der Waals surface area contributed by atoms with Crippen LogP contribution in [0.1, 0.15) is 43.0 Å². The summed E-state index contributed by atoms with van der Waals surface area (Å²) in [4.78, 5) is 13.0. The van der Waals surface area contributed by atoms with Crippen molar-refractivity contribution in [3.05, 3.63) is 64.2 Å². The van der Waals surface area contributed by atoms with E-state index in [1.165, 1.54) is 0 Å². The van der Waals surface area contributed by atoms with E-state index in [9.17, 15) is 13.2 Å². The minimum absolute atomic E-state index is 0.243. The molecular formula is C21H27ClN2O3S. The highest BCUT2D eigenvalue weighted by atomic mass is 35.5. The first-order chi connectivity index (χ1) is 13.0. The first kappa shape index (κ1) is 22.2. The van der Waals surface area contributed by atoms with E-state index < -0.39 is 16.1 Å². The first-order valence-corrected chi connectivity index (χ1v) is 11.4. The second kappa shape index (κ2) is 8.97. The molecule has 0 unspecified atom stereocenters. The fourth-order valence-corrected chi connectivity index (χ4v) is 4.60. The van der Waals surface area contributed by atoms with Gasteiger partial charge in [-0.15, -0.1) is 0 Å². The van der Waals surface area contributed by atoms with E-state index in [-0.39, 0.29) is 11.9 Å². The lowest BCUT2D eigenvalue weighted by atomic mass is 9.99. The van der Waals surface area contributed by atoms with Crippen molar-refractivity contribution in [1.82, 2.24) is 5.32 Å². The van der Waals surface area contributed by atoms with Crippen molar-refractivity contribution in [1.29, 1.82) is 0 Å². The van der Waals surface area contributed by atoms with Gasteiger partial charge >= 0.3 is 0 Å². The van der Waals surface area contributed by atoms with Crippen LogP contribution in [-0.4, -0.2) is 26.6 Å². The molecule has 2 atom stereocenters. The minimum atomic E-state index is -3.67. The van der Waals surface area contributed by atoms with E-state index in [4.69, 9.17) is 11.6 Å². The Balaban J connectivity index is 2.33. The predicted molar refractivity (Wildman–Crippen MR) is 115 cm³/mol. The van der Waals surface area contributed by atoms with Crippen LogP contribution in [0.3, 0.4) is 0 Å². The Kier molecular flexibility index (Phi) is 7.12. The number of sulfonamides is 1. The smallest absolute Gasteiger partial charge is 0.244 e. The molecule has 0 aliphatic heterocycles. The van der Waals surface area contributed by atoms with Gasteiger partial charge in [0.05, 0.1) is 18.0 Å². The van der Waals surface area contributed by atoms with Crippen molar-refractivity contribution in [2.45, 2.75) is 46.2 Å². The monoisotopic (exact) mass is 422 g/mol. The number of rotatable bonds is 7. The molecule has 2 aromatic rings. The lowest BCUT2D eigenvalue weighted by molar-refractivity contribution is -0.122. The van der Waals surface area contributed by atoms with Crippen LogP contribution in [0, 0.1) is 13.8 Å². The molecule has 2 rings (SSSR count). The quantitative estimate of drug-likeness (QED) is 0.720. The molecule has 0 fully saturated rings. The third-order valence-corrected chi connectivity index (χ3v) is 6.10. The number of benzene rings is 2. The van der Waals surface area contributed by atoms with Gasteiger partial charge in [-0.1, -0.05) is 42.3 Å². The molecule has 1 amide bonds. The normalized spacial score (nSPS) is 13.6. The molecular weight excluding hydrogens is 396 g/mol. The summed E-state index contributed by atoms with van der Waals surface area (Å²) >= 11 is 5.92. The number of amides is 1. The molecule has 28 heavy (non-hydrogen) atoms. The maximum atomic E-state index is 13.0. The van der Waals surface area contributed by atoms with E-state index in [2.05, 4.69) is 5.32 Å². The van der Waals surface area contributed by atoms with Gasteiger partial charge in [0.25, 0.3) is 0 Å². The van der Waals surface area contributed by atoms with Gasteiger partial charge < -0.3 is 5.32 Å². The average molecular weight is 423 g/mol. The summed E-state index contributed by atoms with van der Waals surface area (Å²) in [5.41, 5.74) is 3.60. The zero-order valence-corrected chi connectivity index (χ0v) is 18.4. The lowest BCUT2D eigenvalue weighted by Crippen LogP contribution is -2.49. The van der Waals surface area contributed by atoms with Crippen LogP contribution < -0.4 is 9.62 Å². The minimum Gasteiger partial charge on any atom is -0.348 e. The summed E-state index contributed by atoms with van der Waals surface area (Å²) in [6, 6.07) is 11.4. The topological polar surface area (TPSA) is 66.5 Å². The van der Waals surface area contributed by atoms with Crippen LogP contribution in [-0.2, 0) is 14.8 Å². The highest BCUT2D eigenvalue weighted by molar-refractivity contribution is 7.92. The van der Waals surface area contributed by atoms with Gasteiger partial charge in [0, 0.05) is 5.02 Å². The Labute approximate surface area is 172 Å². The van der Waals surface area contributed by atoms with Gasteiger partial charge in [0.15, 0.2) is 0 Å². The van der Waals surface area contributed by atoms with Gasteiger partial charge in [-0.05, 0) is 62.6 Å². The van der Waals surface area contributed by atoms with Crippen LogP contribution in [0.2, 0.25) is 5.02 Å². The van der Waals surface area contributed by atoms with Crippen molar-refractivity contribution in [3.63, 3.8) is 0 Å². The third-order valence-electron chi connectivity index (χ3n) is 4.67. The summed E-state index contributed by atoms with van der Waals surface area (Å²) in [5, 5.41) is 3.48. The van der Waals surface area contributed by atoms with Crippen molar-refractivity contribution < 1.29 is 13.2 Å². The number of halogens is 1. The van der Waals surface area contributed by atoms with Crippen LogP contribution in [0.15, 0.2) is 42.5 Å². The highest BCUT2D eigenvalue weighted by Gasteiger charge is 2.32. The molecule has 0 spiro atoms. The van der Waals surface area contributed by atoms with Crippen molar-refractivity contribution in [2.75, 3.05) is 10.6 Å². The molecule has 0 aliphatic carbocycles. The fraction of sp³-hybridized carbons (Fsp3) is 0.381. The number of hydrogen-bond donors (Lipinski definition) is 1. The van der Waals surface area contributed by atoms with Gasteiger partial charge in [0.1, 0.15) is 6.04 Å². The molecule has 0 aliphatic rings. The number of aryl methyl sites for hydroxylation is 2. The zero-order valence-electron chi connectivity index (χ0n) is 16.9. The average Bonchev–Trinajstić information content (AvgIpc) is 2.61. The standard InChI is InChI=1S/C21H27ClN2O3S/c1-6-20(24(28(5,26)27)18-11-9-17(22)10-12-18)21(25)23-16(4)19-13-14(2)7-8-15(19)3/h7-13,16,20H,6H2,1-5H3,(H,23,25)/t16-,20-/m0/s1. The van der Waals surface area contributed by atoms with E-state index >= 15 is 0 Å². The number of carbonyl (C=O) groups is 1. The van der Waals surface area contributed by atoms with Gasteiger partial charge in [-0.2, -0.15) is 0 Å². The molecule has 0 heterocycles. The Morgan fingerprint density at radius 3 is 2.29 bits per heavy atom. The molecule has 2 aromatic carbocycles. The molecule has 152 valence electrons. The predicted octanol–water partition coefficient (Wildman–Crippen LogP) is 4.38. The van der Waals surface area contributed by atoms with Crippen molar-refractivity contribution >= 4 is 33.2 Å². The maximum absolute atomic E-state index is 13.0. The number of nitrogens with zero attached hydrogens (tertiary/aromatic N) is 1. The van der Waals surface area contributed by atoms with Gasteiger partial charge in [0.2, 0.25) is 15.9 Å². The number of carbonyl (C=O) groups excluding carboxylic acids is 1. The molecule has 0 radical (unpaired) electrons. The molecule has 0 saturated heterocycles. The van der Waals surface area contributed by atoms with E-state index in [0.717, 1.165) is 27.3 Å². The Hall–Kier alpha value is -2.05. The maximum Gasteiger partial charge on any atom is 0.244 e. The Morgan fingerprint density at radius 2 is 1.75 bits per heavy atom. The Bertz CT molecular complexity index is 943. The SMILES string of the molecule is CC[C@@H](C(=O)N[C@@H](C)c1cc(C)ccc1C)N(c1ccc(Cl)cc1)S(C)(=O)=O. The van der Waals surface area contributed by atoms with E-state index in [0.29, 0.717) is 17.1 Å². The molecule has 0 bridgehead atoms. The highest BCUT2D eigenvalue weighted by Crippen LogP contribution is 2.25. The molecule has 0 aromatic heterocycles. The lowest BCUT2D eigenvalue weighted by Gasteiger charge is -2.31. The summed E-state index contributed by atoms with van der Waals surface area (Å²) in [6.45, 7) is 7.68. The third kappa shape index (κ3) is 5.26. The first-order valence-electron chi connectivity index (χ1n) is 9.17. The van der Waals surface area contributed by atoms with Crippen LogP contribution in [0.5, 0.6) is 0 Å². The van der Waals surface area contributed by atoms with Gasteiger partial charge in [-0.3, -0.25) is 9.10 Å². The number of anilines is 1.